The van der Waals surface area contributed by atoms with Gasteiger partial charge in [0, 0.05) is 12.7 Å². The van der Waals surface area contributed by atoms with Gasteiger partial charge in [0.15, 0.2) is 0 Å². The van der Waals surface area contributed by atoms with Crippen LogP contribution in [0.2, 0.25) is 0 Å². The molecule has 1 N–H and O–H groups in total. The molecule has 2 aromatic carbocycles. The van der Waals surface area contributed by atoms with Gasteiger partial charge >= 0.3 is 5.97 Å². The van der Waals surface area contributed by atoms with Crippen LogP contribution >= 0.6 is 0 Å². The van der Waals surface area contributed by atoms with E-state index in [1.807, 2.05) is 0 Å². The average Bonchev–Trinajstić information content (AvgIpc) is 2.38. The molecule has 0 bridgehead atoms. The molecule has 2 rings (SSSR count). The van der Waals surface area contributed by atoms with Gasteiger partial charge in [-0.3, -0.25) is 0 Å². The Morgan fingerprint density at radius 1 is 1.17 bits per heavy atom. The van der Waals surface area contributed by atoms with Crippen molar-refractivity contribution in [2.75, 3.05) is 11.9 Å². The zero-order valence-electron chi connectivity index (χ0n) is 9.80. The number of carbonyl (C=O) groups is 1. The highest BCUT2D eigenvalue weighted by Gasteiger charge is 2.10. The van der Waals surface area contributed by atoms with Gasteiger partial charge in [-0.25, -0.2) is 9.18 Å². The minimum atomic E-state index is -1.00. The van der Waals surface area contributed by atoms with Crippen LogP contribution in [0.25, 0.3) is 0 Å². The second-order valence-electron chi connectivity index (χ2n) is 3.87. The summed E-state index contributed by atoms with van der Waals surface area (Å²) in [4.78, 5) is 12.5. The van der Waals surface area contributed by atoms with Gasteiger partial charge in [-0.15, -0.1) is 0 Å². The molecule has 0 fully saturated rings. The molecule has 0 aliphatic carbocycles. The molecule has 0 saturated carbocycles. The number of carboxylic acid groups (broad SMARTS) is 1. The molecule has 0 aliphatic rings. The lowest BCUT2D eigenvalue weighted by Gasteiger charge is -2.20. The number of hydrogen-bond acceptors (Lipinski definition) is 2. The molecule has 0 aliphatic heterocycles. The first-order valence-corrected chi connectivity index (χ1v) is 5.41. The highest BCUT2D eigenvalue weighted by atomic mass is 19.1. The predicted octanol–water partition coefficient (Wildman–Crippen LogP) is 3.29. The standard InChI is InChI=1S/C14H12FNO2/c1-16(13-8-3-2-7-12(13)15)11-6-4-5-10(9-11)14(17)18/h2-9H,1H3,(H,17,18). The summed E-state index contributed by atoms with van der Waals surface area (Å²) in [5, 5.41) is 8.92. The number of hydrogen-bond donors (Lipinski definition) is 1. The van der Waals surface area contributed by atoms with Gasteiger partial charge in [0.05, 0.1) is 11.3 Å². The molecule has 18 heavy (non-hydrogen) atoms. The molecule has 0 saturated heterocycles. The zero-order chi connectivity index (χ0) is 13.1. The highest BCUT2D eigenvalue weighted by Crippen LogP contribution is 2.26. The Morgan fingerprint density at radius 3 is 2.56 bits per heavy atom. The van der Waals surface area contributed by atoms with Crippen LogP contribution in [0, 0.1) is 5.82 Å². The van der Waals surface area contributed by atoms with E-state index >= 15 is 0 Å². The van der Waals surface area contributed by atoms with E-state index in [1.165, 1.54) is 18.2 Å². The first-order valence-electron chi connectivity index (χ1n) is 5.41. The Bertz CT molecular complexity index is 584. The topological polar surface area (TPSA) is 40.5 Å². The van der Waals surface area contributed by atoms with Crippen LogP contribution in [-0.2, 0) is 0 Å². The minimum Gasteiger partial charge on any atom is -0.478 e. The van der Waals surface area contributed by atoms with E-state index in [1.54, 1.807) is 42.3 Å². The van der Waals surface area contributed by atoms with Crippen molar-refractivity contribution in [1.29, 1.82) is 0 Å². The van der Waals surface area contributed by atoms with Crippen molar-refractivity contribution in [3.8, 4) is 0 Å². The lowest BCUT2D eigenvalue weighted by atomic mass is 10.2. The average molecular weight is 245 g/mol. The number of anilines is 2. The van der Waals surface area contributed by atoms with Gasteiger partial charge in [0.25, 0.3) is 0 Å². The van der Waals surface area contributed by atoms with Crippen molar-refractivity contribution in [2.24, 2.45) is 0 Å². The minimum absolute atomic E-state index is 0.177. The zero-order valence-corrected chi connectivity index (χ0v) is 9.80. The molecule has 3 nitrogen and oxygen atoms in total. The molecule has 0 radical (unpaired) electrons. The molecule has 0 atom stereocenters. The summed E-state index contributed by atoms with van der Waals surface area (Å²) in [5.74, 6) is -1.35. The van der Waals surface area contributed by atoms with Crippen molar-refractivity contribution >= 4 is 17.3 Å². The SMILES string of the molecule is CN(c1cccc(C(=O)O)c1)c1ccccc1F. The molecule has 4 heteroatoms. The van der Waals surface area contributed by atoms with Gasteiger partial charge in [0.2, 0.25) is 0 Å². The Kier molecular flexibility index (Phi) is 3.28. The third-order valence-corrected chi connectivity index (χ3v) is 2.69. The summed E-state index contributed by atoms with van der Waals surface area (Å²) in [6.45, 7) is 0. The summed E-state index contributed by atoms with van der Waals surface area (Å²) in [6, 6.07) is 12.7. The van der Waals surface area contributed by atoms with Crippen LogP contribution in [0.1, 0.15) is 10.4 Å². The molecule has 0 heterocycles. The van der Waals surface area contributed by atoms with Crippen LogP contribution in [-0.4, -0.2) is 18.1 Å². The second-order valence-corrected chi connectivity index (χ2v) is 3.87. The summed E-state index contributed by atoms with van der Waals surface area (Å²) in [5.41, 5.74) is 1.20. The third kappa shape index (κ3) is 2.32. The fourth-order valence-corrected chi connectivity index (χ4v) is 1.71. The Balaban J connectivity index is 2.40. The lowest BCUT2D eigenvalue weighted by Crippen LogP contribution is -2.11. The number of aromatic carboxylic acids is 1. The van der Waals surface area contributed by atoms with E-state index in [2.05, 4.69) is 0 Å². The van der Waals surface area contributed by atoms with E-state index in [4.69, 9.17) is 5.11 Å². The van der Waals surface area contributed by atoms with Crippen LogP contribution in [0.15, 0.2) is 48.5 Å². The molecule has 0 aromatic heterocycles. The number of benzene rings is 2. The maximum atomic E-state index is 13.6. The van der Waals surface area contributed by atoms with Crippen LogP contribution in [0.5, 0.6) is 0 Å². The first-order chi connectivity index (χ1) is 8.59. The van der Waals surface area contributed by atoms with Crippen molar-refractivity contribution in [1.82, 2.24) is 0 Å². The number of carboxylic acids is 1. The number of rotatable bonds is 3. The Morgan fingerprint density at radius 2 is 1.89 bits per heavy atom. The third-order valence-electron chi connectivity index (χ3n) is 2.69. The smallest absolute Gasteiger partial charge is 0.335 e. The van der Waals surface area contributed by atoms with Crippen LogP contribution in [0.4, 0.5) is 15.8 Å². The molecule has 0 unspecified atom stereocenters. The van der Waals surface area contributed by atoms with Gasteiger partial charge in [-0.1, -0.05) is 18.2 Å². The fraction of sp³-hybridized carbons (Fsp3) is 0.0714. The molecule has 0 amide bonds. The largest absolute Gasteiger partial charge is 0.478 e. The van der Waals surface area contributed by atoms with Gasteiger partial charge < -0.3 is 10.0 Å². The van der Waals surface area contributed by atoms with Gasteiger partial charge in [-0.2, -0.15) is 0 Å². The molecule has 2 aromatic rings. The number of para-hydroxylation sites is 1. The van der Waals surface area contributed by atoms with E-state index in [-0.39, 0.29) is 11.4 Å². The van der Waals surface area contributed by atoms with E-state index in [9.17, 15) is 9.18 Å². The fourth-order valence-electron chi connectivity index (χ4n) is 1.71. The number of halogens is 1. The maximum Gasteiger partial charge on any atom is 0.335 e. The van der Waals surface area contributed by atoms with Crippen LogP contribution in [0.3, 0.4) is 0 Å². The monoisotopic (exact) mass is 245 g/mol. The van der Waals surface area contributed by atoms with Crippen molar-refractivity contribution in [3.63, 3.8) is 0 Å². The first kappa shape index (κ1) is 12.1. The molecule has 0 spiro atoms. The van der Waals surface area contributed by atoms with Gasteiger partial charge in [0.1, 0.15) is 5.82 Å². The van der Waals surface area contributed by atoms with Gasteiger partial charge in [-0.05, 0) is 30.3 Å². The summed E-state index contributed by atoms with van der Waals surface area (Å²) in [6.07, 6.45) is 0. The lowest BCUT2D eigenvalue weighted by molar-refractivity contribution is 0.0697. The van der Waals surface area contributed by atoms with Crippen LogP contribution < -0.4 is 4.90 Å². The van der Waals surface area contributed by atoms with Crippen molar-refractivity contribution in [2.45, 2.75) is 0 Å². The molecular formula is C14H12FNO2. The maximum absolute atomic E-state index is 13.6. The van der Waals surface area contributed by atoms with E-state index in [0.29, 0.717) is 11.4 Å². The highest BCUT2D eigenvalue weighted by molar-refractivity contribution is 5.89. The Hall–Kier alpha value is -2.36. The van der Waals surface area contributed by atoms with Crippen molar-refractivity contribution < 1.29 is 14.3 Å². The van der Waals surface area contributed by atoms with Crippen molar-refractivity contribution in [3.05, 3.63) is 59.9 Å². The summed E-state index contributed by atoms with van der Waals surface area (Å²) >= 11 is 0. The second kappa shape index (κ2) is 4.87. The quantitative estimate of drug-likeness (QED) is 0.902. The molecular weight excluding hydrogens is 233 g/mol. The summed E-state index contributed by atoms with van der Waals surface area (Å²) < 4.78 is 13.6. The summed E-state index contributed by atoms with van der Waals surface area (Å²) in [7, 11) is 1.69. The Labute approximate surface area is 104 Å². The normalized spacial score (nSPS) is 10.1. The molecule has 92 valence electrons. The number of nitrogens with zero attached hydrogens (tertiary/aromatic N) is 1. The predicted molar refractivity (Wildman–Crippen MR) is 67.9 cm³/mol. The van der Waals surface area contributed by atoms with E-state index < -0.39 is 5.97 Å². The van der Waals surface area contributed by atoms with E-state index in [0.717, 1.165) is 0 Å².